The Balaban J connectivity index is 0.000000154. The fraction of sp³-hybridized carbons (Fsp3) is 0.424. The highest BCUT2D eigenvalue weighted by Crippen LogP contribution is 2.44. The lowest BCUT2D eigenvalue weighted by Gasteiger charge is -2.40. The van der Waals surface area contributed by atoms with Crippen LogP contribution in [0.15, 0.2) is 98.6 Å². The number of hydrogen-bond donors (Lipinski definition) is 9. The maximum atomic E-state index is 12.8. The van der Waals surface area contributed by atoms with Gasteiger partial charge in [-0.2, -0.15) is 0 Å². The lowest BCUT2D eigenvalue weighted by atomic mass is 9.85. The molecule has 6 fully saturated rings. The molecule has 608 valence electrons. The predicted octanol–water partition coefficient (Wildman–Crippen LogP) is 12.6. The normalized spacial score (nSPS) is 18.9. The van der Waals surface area contributed by atoms with E-state index in [1.165, 1.54) is 148 Å². The maximum absolute atomic E-state index is 12.8. The highest BCUT2D eigenvalue weighted by atomic mass is 16.6. The maximum Gasteiger partial charge on any atom is 0.410 e. The van der Waals surface area contributed by atoms with Gasteiger partial charge in [0.25, 0.3) is 0 Å². The third-order valence-corrected chi connectivity index (χ3v) is 20.6. The molecule has 0 aromatic carbocycles. The molecule has 4 bridgehead atoms. The van der Waals surface area contributed by atoms with Crippen LogP contribution in [0.5, 0.6) is 0 Å². The molecular formula is C85H98N22O10. The van der Waals surface area contributed by atoms with Crippen molar-refractivity contribution in [3.05, 3.63) is 144 Å². The molecule has 0 radical (unpaired) electrons. The number of anilines is 12. The van der Waals surface area contributed by atoms with E-state index in [9.17, 15) is 24.0 Å². The van der Waals surface area contributed by atoms with Crippen LogP contribution in [0.25, 0.3) is 0 Å². The summed E-state index contributed by atoms with van der Waals surface area (Å²) in [5, 5.41) is 29.7. The fourth-order valence-corrected chi connectivity index (χ4v) is 15.0. The number of methoxy groups -OCH3 is 4. The van der Waals surface area contributed by atoms with Gasteiger partial charge >= 0.3 is 30.0 Å². The van der Waals surface area contributed by atoms with Crippen LogP contribution < -0.4 is 47.9 Å². The third-order valence-electron chi connectivity index (χ3n) is 20.6. The number of nitrogens with zero attached hydrogens (tertiary/aromatic N) is 13. The van der Waals surface area contributed by atoms with Gasteiger partial charge < -0.3 is 76.4 Å². The van der Waals surface area contributed by atoms with Crippen LogP contribution in [0.3, 0.4) is 0 Å². The first-order valence-corrected chi connectivity index (χ1v) is 39.0. The first-order valence-electron chi connectivity index (χ1n) is 39.0. The average Bonchev–Trinajstić information content (AvgIpc) is 1.64. The van der Waals surface area contributed by atoms with E-state index >= 15 is 0 Å². The number of fused-ring (bicyclic) bond motifs is 4. The first kappa shape index (κ1) is 84.6. The number of hydrogen-bond acceptors (Lipinski definition) is 31. The van der Waals surface area contributed by atoms with Crippen molar-refractivity contribution < 1.29 is 47.7 Å². The van der Waals surface area contributed by atoms with Crippen LogP contribution >= 0.6 is 0 Å². The van der Waals surface area contributed by atoms with Crippen LogP contribution in [0.1, 0.15) is 201 Å². The number of ether oxygens (including phenoxy) is 5. The minimum atomic E-state index is -0.535. The van der Waals surface area contributed by atoms with E-state index in [-0.39, 0.29) is 24.2 Å². The van der Waals surface area contributed by atoms with Gasteiger partial charge in [-0.05, 0) is 133 Å². The number of aromatic nitrogens is 12. The number of carbonyl (C=O) groups is 5. The Hall–Kier alpha value is -13.3. The summed E-state index contributed by atoms with van der Waals surface area (Å²) in [6, 6.07) is 8.43. The van der Waals surface area contributed by atoms with Gasteiger partial charge in [-0.15, -0.1) is 25.7 Å². The summed E-state index contributed by atoms with van der Waals surface area (Å²) >= 11 is 0. The molecule has 117 heavy (non-hydrogen) atoms. The predicted molar refractivity (Wildman–Crippen MR) is 444 cm³/mol. The zero-order valence-electron chi connectivity index (χ0n) is 66.7. The number of nitrogens with one attached hydrogen (secondary N) is 9. The molecule has 8 aromatic heterocycles. The van der Waals surface area contributed by atoms with Gasteiger partial charge in [0, 0.05) is 91.8 Å². The summed E-state index contributed by atoms with van der Waals surface area (Å²) < 4.78 is 25.3. The van der Waals surface area contributed by atoms with Crippen LogP contribution in [0.2, 0.25) is 0 Å². The Morgan fingerprint density at radius 1 is 0.402 bits per heavy atom. The third kappa shape index (κ3) is 24.1. The standard InChI is InChI=1S/C25H30N6O4.C21H23N5O2.C20H23N5O2.C19H22N6O2/c1-6-15-12-27-22(14-26-15)30-21-11-20(19(13-28-21)23(32)34-5)29-16-9-17-7-8-18(10-16)31(17)24(33)35-25(2,3)4;1-3-15-10-23-20(12-22-15)26-19-9-18(17(11-24-19)21(27)28-2)25-16-7-13-4-5-14(6-13)8-16;1-3-14-11-22-19(13-21-14)25-18-10-17(16(12-23-18)20(26)27-2)24-15-8-6-4-5-7-9-15;1-3-13-9-23-18(12-21-13)25-17-8-16(15(11-24-17)19(26)27-2)22-10-14-6-4-5-7-20-14/h1,11-14,16-18H,7-10H2,2-5H3,(H2,27,28,29,30);1,9-14,16H,4-8H2,2H3,(H2,23,24,25,26);1,10-13,15H,4-9H2,2H3,(H2,22,23,24,25);1,8-9,11-12,14,20H,4-7,10H2,2H3,(H2,22,23,24,25)/t16?,17-,18+;13-,14+,16?;;. The summed E-state index contributed by atoms with van der Waals surface area (Å²) in [6.07, 6.45) is 59.3. The Kier molecular flexibility index (Phi) is 29.7. The second-order valence-corrected chi connectivity index (χ2v) is 30.0. The fourth-order valence-electron chi connectivity index (χ4n) is 15.0. The second kappa shape index (κ2) is 41.1. The van der Waals surface area contributed by atoms with Gasteiger partial charge in [0.15, 0.2) is 0 Å². The number of carbonyl (C=O) groups excluding carboxylic acids is 5. The minimum Gasteiger partial charge on any atom is -0.465 e. The summed E-state index contributed by atoms with van der Waals surface area (Å²) in [7, 11) is 5.43. The van der Waals surface area contributed by atoms with Crippen molar-refractivity contribution in [3.8, 4) is 49.4 Å². The zero-order chi connectivity index (χ0) is 82.8. The molecule has 14 rings (SSSR count). The molecule has 9 N–H and O–H groups in total. The Labute approximate surface area is 680 Å². The van der Waals surface area contributed by atoms with E-state index in [0.29, 0.717) is 133 Å². The largest absolute Gasteiger partial charge is 0.465 e. The Morgan fingerprint density at radius 3 is 1.08 bits per heavy atom. The molecule has 3 saturated heterocycles. The van der Waals surface area contributed by atoms with E-state index in [1.807, 2.05) is 31.7 Å². The molecule has 6 aliphatic rings. The lowest BCUT2D eigenvalue weighted by Crippen LogP contribution is -2.51. The molecule has 32 nitrogen and oxygen atoms in total. The Morgan fingerprint density at radius 2 is 0.744 bits per heavy atom. The van der Waals surface area contributed by atoms with Crippen molar-refractivity contribution in [2.75, 3.05) is 84.1 Å². The van der Waals surface area contributed by atoms with E-state index in [0.717, 1.165) is 81.9 Å². The number of pyridine rings is 4. The molecule has 3 aliphatic heterocycles. The van der Waals surface area contributed by atoms with Gasteiger partial charge in [-0.25, -0.2) is 83.8 Å². The molecule has 32 heteroatoms. The SMILES string of the molecule is C#Cc1cnc(Nc2cc(NC3CCCCCC3)c(C(=O)OC)cn2)cn1.C#Cc1cnc(Nc2cc(NC3C[C@H]4CC[C@@H](C3)C4)c(C(=O)OC)cn2)cn1.C#Cc1cnc(Nc2cc(NC3C[C@H]4CC[C@@H](C3)N4C(=O)OC(C)(C)C)c(C(=O)OC)cn2)cn1.C#Cc1cnc(Nc2cc(NCC3CCCCN3)c(C(=O)OC)cn2)cn1. The lowest BCUT2D eigenvalue weighted by molar-refractivity contribution is 0.00676. The molecule has 0 spiro atoms. The quantitative estimate of drug-likeness (QED) is 0.0140. The molecule has 3 aliphatic carbocycles. The number of rotatable bonds is 21. The van der Waals surface area contributed by atoms with E-state index < -0.39 is 29.5 Å². The van der Waals surface area contributed by atoms with Crippen LogP contribution in [-0.4, -0.2) is 178 Å². The van der Waals surface area contributed by atoms with Crippen LogP contribution in [-0.2, 0) is 23.7 Å². The highest BCUT2D eigenvalue weighted by Gasteiger charge is 2.45. The van der Waals surface area contributed by atoms with Crippen LogP contribution in [0, 0.1) is 61.2 Å². The second-order valence-electron chi connectivity index (χ2n) is 30.0. The average molecular weight is 1590 g/mol. The topological polar surface area (TPSA) is 398 Å². The van der Waals surface area contributed by atoms with Gasteiger partial charge in [-0.3, -0.25) is 0 Å². The molecule has 3 unspecified atom stereocenters. The summed E-state index contributed by atoms with van der Waals surface area (Å²) in [6.45, 7) is 7.36. The number of piperidine rings is 2. The smallest absolute Gasteiger partial charge is 0.410 e. The van der Waals surface area contributed by atoms with Crippen LogP contribution in [0.4, 0.5) is 74.1 Å². The van der Waals surface area contributed by atoms with E-state index in [2.05, 4.69) is 131 Å². The van der Waals surface area contributed by atoms with Crippen molar-refractivity contribution in [2.24, 2.45) is 11.8 Å². The van der Waals surface area contributed by atoms with E-state index in [4.69, 9.17) is 49.4 Å². The zero-order valence-corrected chi connectivity index (χ0v) is 66.7. The minimum absolute atomic E-state index is 0.0690. The van der Waals surface area contributed by atoms with Gasteiger partial charge in [0.2, 0.25) is 0 Å². The van der Waals surface area contributed by atoms with Crippen molar-refractivity contribution >= 4 is 99.3 Å². The van der Waals surface area contributed by atoms with Gasteiger partial charge in [0.1, 0.15) is 97.2 Å². The molecule has 1 amide bonds. The van der Waals surface area contributed by atoms with Gasteiger partial charge in [0.05, 0.1) is 101 Å². The molecule has 7 atom stereocenters. The molecular weight excluding hydrogens is 1490 g/mol. The Bertz CT molecular complexity index is 4890. The molecule has 3 saturated carbocycles. The van der Waals surface area contributed by atoms with Crippen molar-refractivity contribution in [3.63, 3.8) is 0 Å². The summed E-state index contributed by atoms with van der Waals surface area (Å²) in [4.78, 5) is 114. The summed E-state index contributed by atoms with van der Waals surface area (Å²) in [5.41, 5.74) is 5.52. The van der Waals surface area contributed by atoms with Crippen molar-refractivity contribution in [1.82, 2.24) is 70.0 Å². The van der Waals surface area contributed by atoms with Crippen molar-refractivity contribution in [2.45, 2.75) is 178 Å². The number of amides is 1. The van der Waals surface area contributed by atoms with Gasteiger partial charge in [-0.1, -0.05) is 44.9 Å². The molecule has 8 aromatic rings. The first-order chi connectivity index (χ1) is 56.7. The van der Waals surface area contributed by atoms with Crippen molar-refractivity contribution in [1.29, 1.82) is 0 Å². The number of terminal acetylenes is 4. The monoisotopic (exact) mass is 1590 g/mol. The highest BCUT2D eigenvalue weighted by molar-refractivity contribution is 5.98. The number of esters is 4. The molecule has 11 heterocycles. The summed E-state index contributed by atoms with van der Waals surface area (Å²) in [5.74, 6) is 13.7. The van der Waals surface area contributed by atoms with E-state index in [1.54, 1.807) is 30.6 Å².